The van der Waals surface area contributed by atoms with Crippen LogP contribution in [0.25, 0.3) is 0 Å². The van der Waals surface area contributed by atoms with Gasteiger partial charge in [-0.2, -0.15) is 0 Å². The van der Waals surface area contributed by atoms with Gasteiger partial charge in [0.05, 0.1) is 5.69 Å². The highest BCUT2D eigenvalue weighted by Crippen LogP contribution is 2.22. The highest BCUT2D eigenvalue weighted by atomic mass is 16.3. The molecule has 126 valence electrons. The van der Waals surface area contributed by atoms with Gasteiger partial charge in [-0.05, 0) is 36.4 Å². The van der Waals surface area contributed by atoms with Crippen molar-refractivity contribution >= 4 is 35.1 Å². The number of nitrogens with zero attached hydrogens (tertiary/aromatic N) is 1. The van der Waals surface area contributed by atoms with Crippen LogP contribution in [0, 0.1) is 5.92 Å². The number of benzene rings is 2. The van der Waals surface area contributed by atoms with Crippen LogP contribution in [0.15, 0.2) is 54.6 Å². The van der Waals surface area contributed by atoms with Gasteiger partial charge in [0.1, 0.15) is 5.75 Å². The second-order valence-corrected chi connectivity index (χ2v) is 5.27. The van der Waals surface area contributed by atoms with E-state index in [1.165, 1.54) is 36.4 Å². The Labute approximate surface area is 142 Å². The number of carbonyl (C=O) groups is 4. The van der Waals surface area contributed by atoms with E-state index in [9.17, 15) is 24.3 Å². The fourth-order valence-corrected chi connectivity index (χ4v) is 2.39. The largest absolute Gasteiger partial charge is 0.508 e. The molecule has 0 bridgehead atoms. The van der Waals surface area contributed by atoms with Gasteiger partial charge in [-0.1, -0.05) is 18.2 Å². The van der Waals surface area contributed by atoms with E-state index in [4.69, 9.17) is 0 Å². The van der Waals surface area contributed by atoms with Crippen LogP contribution < -0.4 is 15.5 Å². The van der Waals surface area contributed by atoms with Gasteiger partial charge in [0, 0.05) is 5.69 Å². The van der Waals surface area contributed by atoms with Gasteiger partial charge < -0.3 is 10.4 Å². The number of phenolic OH excluding ortho intramolecular Hbond substituents is 1. The summed E-state index contributed by atoms with van der Waals surface area (Å²) in [6.45, 7) is 0. The van der Waals surface area contributed by atoms with Gasteiger partial charge in [-0.3, -0.25) is 19.7 Å². The second kappa shape index (κ2) is 6.44. The lowest BCUT2D eigenvalue weighted by atomic mass is 10.0. The summed E-state index contributed by atoms with van der Waals surface area (Å²) in [5.41, 5.74) is 0.548. The van der Waals surface area contributed by atoms with Crippen LogP contribution in [0.4, 0.5) is 16.2 Å². The summed E-state index contributed by atoms with van der Waals surface area (Å²) >= 11 is 0. The maximum atomic E-state index is 12.6. The lowest BCUT2D eigenvalue weighted by Crippen LogP contribution is -2.61. The maximum absolute atomic E-state index is 12.6. The molecule has 3 N–H and O–H groups in total. The molecule has 8 heteroatoms. The van der Waals surface area contributed by atoms with Crippen molar-refractivity contribution in [2.24, 2.45) is 5.92 Å². The van der Waals surface area contributed by atoms with Crippen molar-refractivity contribution in [3.8, 4) is 5.75 Å². The van der Waals surface area contributed by atoms with Gasteiger partial charge in [0.15, 0.2) is 5.92 Å². The summed E-state index contributed by atoms with van der Waals surface area (Å²) in [5.74, 6) is -4.49. The first-order chi connectivity index (χ1) is 12.0. The molecule has 0 aliphatic carbocycles. The minimum absolute atomic E-state index is 0.00494. The number of carbonyl (C=O) groups excluding carboxylic acids is 4. The SMILES string of the molecule is O=C1NC(=O)N(c2ccccc2)C(=O)C1C(=O)Nc1ccc(O)cc1. The molecule has 1 aliphatic rings. The van der Waals surface area contributed by atoms with E-state index >= 15 is 0 Å². The molecule has 5 amide bonds. The fourth-order valence-electron chi connectivity index (χ4n) is 2.39. The van der Waals surface area contributed by atoms with Crippen LogP contribution in [0.1, 0.15) is 0 Å². The number of amides is 5. The van der Waals surface area contributed by atoms with Crippen LogP contribution in [-0.4, -0.2) is 28.9 Å². The number of phenols is 1. The molecule has 0 saturated carbocycles. The van der Waals surface area contributed by atoms with E-state index in [-0.39, 0.29) is 11.4 Å². The zero-order valence-corrected chi connectivity index (χ0v) is 12.8. The van der Waals surface area contributed by atoms with Crippen molar-refractivity contribution in [3.05, 3.63) is 54.6 Å². The Hall–Kier alpha value is -3.68. The van der Waals surface area contributed by atoms with Gasteiger partial charge in [-0.25, -0.2) is 9.69 Å². The molecule has 0 radical (unpaired) electrons. The van der Waals surface area contributed by atoms with Crippen molar-refractivity contribution in [3.63, 3.8) is 0 Å². The Morgan fingerprint density at radius 2 is 1.64 bits per heavy atom. The molecule has 0 aromatic heterocycles. The molecule has 2 aromatic rings. The van der Waals surface area contributed by atoms with Gasteiger partial charge in [0.2, 0.25) is 11.8 Å². The summed E-state index contributed by atoms with van der Waals surface area (Å²) < 4.78 is 0. The number of rotatable bonds is 3. The van der Waals surface area contributed by atoms with Crippen LogP contribution in [-0.2, 0) is 14.4 Å². The first kappa shape index (κ1) is 16.2. The lowest BCUT2D eigenvalue weighted by Gasteiger charge is -2.29. The summed E-state index contributed by atoms with van der Waals surface area (Å²) in [4.78, 5) is 49.7. The summed E-state index contributed by atoms with van der Waals surface area (Å²) in [7, 11) is 0. The van der Waals surface area contributed by atoms with Crippen LogP contribution >= 0.6 is 0 Å². The third-order valence-corrected chi connectivity index (χ3v) is 3.57. The third kappa shape index (κ3) is 3.18. The van der Waals surface area contributed by atoms with Gasteiger partial charge >= 0.3 is 6.03 Å². The Morgan fingerprint density at radius 3 is 2.28 bits per heavy atom. The Bertz CT molecular complexity index is 848. The molecule has 1 aliphatic heterocycles. The average Bonchev–Trinajstić information content (AvgIpc) is 2.57. The molecule has 0 spiro atoms. The highest BCUT2D eigenvalue weighted by Gasteiger charge is 2.45. The van der Waals surface area contributed by atoms with E-state index in [2.05, 4.69) is 5.32 Å². The van der Waals surface area contributed by atoms with Crippen molar-refractivity contribution in [2.75, 3.05) is 10.2 Å². The van der Waals surface area contributed by atoms with E-state index in [1.807, 2.05) is 5.32 Å². The molecule has 25 heavy (non-hydrogen) atoms. The zero-order valence-electron chi connectivity index (χ0n) is 12.8. The normalized spacial score (nSPS) is 17.2. The van der Waals surface area contributed by atoms with Crippen molar-refractivity contribution in [1.29, 1.82) is 0 Å². The average molecular weight is 339 g/mol. The van der Waals surface area contributed by atoms with Crippen LogP contribution in [0.2, 0.25) is 0 Å². The zero-order chi connectivity index (χ0) is 18.0. The van der Waals surface area contributed by atoms with E-state index in [0.717, 1.165) is 4.90 Å². The Kier molecular flexibility index (Phi) is 4.17. The maximum Gasteiger partial charge on any atom is 0.335 e. The number of anilines is 2. The molecule has 1 fully saturated rings. The minimum Gasteiger partial charge on any atom is -0.508 e. The molecular weight excluding hydrogens is 326 g/mol. The number of para-hydroxylation sites is 1. The lowest BCUT2D eigenvalue weighted by molar-refractivity contribution is -0.139. The predicted molar refractivity (Wildman–Crippen MR) is 87.7 cm³/mol. The standard InChI is InChI=1S/C17H13N3O5/c21-12-8-6-10(7-9-12)18-14(22)13-15(23)19-17(25)20(16(13)24)11-4-2-1-3-5-11/h1-9,13,21H,(H,18,22)(H,19,23,25). The van der Waals surface area contributed by atoms with Crippen LogP contribution in [0.3, 0.4) is 0 Å². The molecule has 8 nitrogen and oxygen atoms in total. The van der Waals surface area contributed by atoms with Crippen molar-refractivity contribution in [1.82, 2.24) is 5.32 Å². The summed E-state index contributed by atoms with van der Waals surface area (Å²) in [5, 5.41) is 13.7. The molecule has 2 aromatic carbocycles. The second-order valence-electron chi connectivity index (χ2n) is 5.27. The highest BCUT2D eigenvalue weighted by molar-refractivity contribution is 6.35. The number of hydrogen-bond donors (Lipinski definition) is 3. The molecule has 3 rings (SSSR count). The topological polar surface area (TPSA) is 116 Å². The smallest absolute Gasteiger partial charge is 0.335 e. The number of aromatic hydroxyl groups is 1. The molecule has 1 saturated heterocycles. The monoisotopic (exact) mass is 339 g/mol. The minimum atomic E-state index is -1.70. The first-order valence-electron chi connectivity index (χ1n) is 7.31. The predicted octanol–water partition coefficient (Wildman–Crippen LogP) is 1.23. The van der Waals surface area contributed by atoms with Crippen molar-refractivity contribution in [2.45, 2.75) is 0 Å². The van der Waals surface area contributed by atoms with Crippen molar-refractivity contribution < 1.29 is 24.3 Å². The number of urea groups is 1. The third-order valence-electron chi connectivity index (χ3n) is 3.57. The van der Waals surface area contributed by atoms with Gasteiger partial charge in [-0.15, -0.1) is 0 Å². The Balaban J connectivity index is 1.85. The number of barbiturate groups is 1. The number of imide groups is 2. The van der Waals surface area contributed by atoms with Crippen LogP contribution in [0.5, 0.6) is 5.75 Å². The number of hydrogen-bond acceptors (Lipinski definition) is 5. The first-order valence-corrected chi connectivity index (χ1v) is 7.31. The molecule has 1 unspecified atom stereocenters. The van der Waals surface area contributed by atoms with Gasteiger partial charge in [0.25, 0.3) is 5.91 Å². The Morgan fingerprint density at radius 1 is 1.00 bits per heavy atom. The number of nitrogens with one attached hydrogen (secondary N) is 2. The van der Waals surface area contributed by atoms with E-state index in [1.54, 1.807) is 18.2 Å². The molecule has 1 heterocycles. The fraction of sp³-hybridized carbons (Fsp3) is 0.0588. The summed E-state index contributed by atoms with van der Waals surface area (Å²) in [6.07, 6.45) is 0. The molecular formula is C17H13N3O5. The van der Waals surface area contributed by atoms with E-state index < -0.39 is 29.7 Å². The quantitative estimate of drug-likeness (QED) is 0.574. The summed E-state index contributed by atoms with van der Waals surface area (Å²) in [6, 6.07) is 12.6. The van der Waals surface area contributed by atoms with E-state index in [0.29, 0.717) is 5.69 Å². The molecule has 1 atom stereocenters.